The van der Waals surface area contributed by atoms with Crippen molar-refractivity contribution in [2.75, 3.05) is 0 Å². The molecule has 0 N–H and O–H groups in total. The minimum atomic E-state index is 0.695. The molecule has 0 aliphatic heterocycles. The van der Waals surface area contributed by atoms with E-state index in [9.17, 15) is 0 Å². The molecule has 0 radical (unpaired) electrons. The predicted molar refractivity (Wildman–Crippen MR) is 78.3 cm³/mol. The highest BCUT2D eigenvalue weighted by Crippen LogP contribution is 2.80. The lowest BCUT2D eigenvalue weighted by Crippen LogP contribution is -2.74. The third kappa shape index (κ3) is 1.15. The van der Waals surface area contributed by atoms with Gasteiger partial charge in [-0.1, -0.05) is 48.0 Å². The van der Waals surface area contributed by atoms with E-state index in [0.717, 1.165) is 35.5 Å². The summed E-state index contributed by atoms with van der Waals surface area (Å²) in [4.78, 5) is 0. The molecule has 2 spiro atoms. The van der Waals surface area contributed by atoms with Crippen LogP contribution in [0.4, 0.5) is 0 Å². The molecule has 0 amide bonds. The molecule has 0 heteroatoms. The van der Waals surface area contributed by atoms with E-state index in [4.69, 9.17) is 0 Å². The lowest BCUT2D eigenvalue weighted by molar-refractivity contribution is -0.317. The van der Waals surface area contributed by atoms with Crippen molar-refractivity contribution in [3.63, 3.8) is 0 Å². The maximum absolute atomic E-state index is 2.61. The van der Waals surface area contributed by atoms with Crippen molar-refractivity contribution in [3.8, 4) is 0 Å². The van der Waals surface area contributed by atoms with E-state index in [-0.39, 0.29) is 0 Å². The Bertz CT molecular complexity index is 322. The molecule has 7 atom stereocenters. The summed E-state index contributed by atoms with van der Waals surface area (Å²) in [5, 5.41) is 0. The van der Waals surface area contributed by atoms with Crippen molar-refractivity contribution in [1.82, 2.24) is 0 Å². The molecule has 3 aliphatic carbocycles. The molecule has 104 valence electrons. The van der Waals surface area contributed by atoms with Crippen molar-refractivity contribution in [1.29, 1.82) is 0 Å². The summed E-state index contributed by atoms with van der Waals surface area (Å²) in [6.07, 6.45) is 5.95. The van der Waals surface area contributed by atoms with Crippen molar-refractivity contribution in [2.45, 2.75) is 67.2 Å². The first-order chi connectivity index (χ1) is 8.38. The van der Waals surface area contributed by atoms with Crippen molar-refractivity contribution in [2.24, 2.45) is 46.3 Å². The van der Waals surface area contributed by atoms with Crippen LogP contribution >= 0.6 is 0 Å². The van der Waals surface area contributed by atoms with E-state index < -0.39 is 0 Å². The van der Waals surface area contributed by atoms with E-state index in [0.29, 0.717) is 10.8 Å². The molecule has 3 saturated carbocycles. The Balaban J connectivity index is 1.92. The molecule has 3 rings (SSSR count). The normalized spacial score (nSPS) is 63.7. The Morgan fingerprint density at radius 1 is 0.722 bits per heavy atom. The standard InChI is InChI=1S/C18H32/c1-11-7-8-12(2)17(10-11)15(5)18(16(17)6)13(3)9-14(18)4/h11-16H,7-10H2,1-6H3/t11?,12?,13?,14?,15-,16?,17?,18?/m0/s1. The Morgan fingerprint density at radius 3 is 1.78 bits per heavy atom. The molecule has 0 heterocycles. The van der Waals surface area contributed by atoms with Crippen LogP contribution in [0.1, 0.15) is 67.2 Å². The van der Waals surface area contributed by atoms with Crippen LogP contribution < -0.4 is 0 Å². The molecule has 6 unspecified atom stereocenters. The van der Waals surface area contributed by atoms with Gasteiger partial charge in [0.2, 0.25) is 0 Å². The molecule has 3 fully saturated rings. The highest BCUT2D eigenvalue weighted by atomic mass is 14.8. The fraction of sp³-hybridized carbons (Fsp3) is 1.00. The second-order valence-corrected chi connectivity index (χ2v) is 8.38. The highest BCUT2D eigenvalue weighted by Gasteiger charge is 2.74. The van der Waals surface area contributed by atoms with Gasteiger partial charge < -0.3 is 0 Å². The summed E-state index contributed by atoms with van der Waals surface area (Å²) < 4.78 is 0. The summed E-state index contributed by atoms with van der Waals surface area (Å²) in [5.74, 6) is 5.83. The topological polar surface area (TPSA) is 0 Å². The minimum absolute atomic E-state index is 0.695. The Kier molecular flexibility index (Phi) is 2.72. The maximum Gasteiger partial charge on any atom is -0.0184 e. The molecular formula is C18H32. The SMILES string of the molecule is CC1CCC(C)C2(C1)C(C)C1(C(C)CC1C)[C@H]2C. The zero-order valence-electron chi connectivity index (χ0n) is 13.3. The summed E-state index contributed by atoms with van der Waals surface area (Å²) in [5.41, 5.74) is 1.41. The van der Waals surface area contributed by atoms with Crippen LogP contribution in [0.2, 0.25) is 0 Å². The van der Waals surface area contributed by atoms with E-state index in [1.807, 2.05) is 0 Å². The van der Waals surface area contributed by atoms with Gasteiger partial charge in [0.1, 0.15) is 0 Å². The van der Waals surface area contributed by atoms with Crippen LogP contribution in [0.15, 0.2) is 0 Å². The van der Waals surface area contributed by atoms with Gasteiger partial charge in [-0.2, -0.15) is 0 Å². The van der Waals surface area contributed by atoms with Crippen LogP contribution in [0.25, 0.3) is 0 Å². The molecular weight excluding hydrogens is 216 g/mol. The number of hydrogen-bond acceptors (Lipinski definition) is 0. The first kappa shape index (κ1) is 13.0. The molecule has 0 nitrogen and oxygen atoms in total. The summed E-state index contributed by atoms with van der Waals surface area (Å²) in [6, 6.07) is 0. The molecule has 0 bridgehead atoms. The van der Waals surface area contributed by atoms with E-state index in [1.54, 1.807) is 0 Å². The fourth-order valence-corrected chi connectivity index (χ4v) is 7.47. The average molecular weight is 248 g/mol. The molecule has 0 aromatic rings. The second kappa shape index (κ2) is 3.76. The van der Waals surface area contributed by atoms with Gasteiger partial charge in [-0.25, -0.2) is 0 Å². The third-order valence-corrected chi connectivity index (χ3v) is 8.24. The first-order valence-electron chi connectivity index (χ1n) is 8.38. The molecule has 0 aromatic heterocycles. The quantitative estimate of drug-likeness (QED) is 0.540. The van der Waals surface area contributed by atoms with Crippen LogP contribution in [0.3, 0.4) is 0 Å². The zero-order valence-corrected chi connectivity index (χ0v) is 13.3. The molecule has 0 saturated heterocycles. The van der Waals surface area contributed by atoms with Gasteiger partial charge in [-0.3, -0.25) is 0 Å². The second-order valence-electron chi connectivity index (χ2n) is 8.38. The number of rotatable bonds is 0. The summed E-state index contributed by atoms with van der Waals surface area (Å²) >= 11 is 0. The largest absolute Gasteiger partial charge is 0.0625 e. The fourth-order valence-electron chi connectivity index (χ4n) is 7.47. The summed E-state index contributed by atoms with van der Waals surface area (Å²) in [6.45, 7) is 15.3. The minimum Gasteiger partial charge on any atom is -0.0625 e. The number of hydrogen-bond donors (Lipinski definition) is 0. The summed E-state index contributed by atoms with van der Waals surface area (Å²) in [7, 11) is 0. The smallest absolute Gasteiger partial charge is 0.0184 e. The van der Waals surface area contributed by atoms with Gasteiger partial charge in [0.25, 0.3) is 0 Å². The highest BCUT2D eigenvalue weighted by molar-refractivity contribution is 5.22. The zero-order chi connectivity index (χ0) is 13.3. The molecule has 0 aromatic carbocycles. The molecule has 3 aliphatic rings. The Labute approximate surface area is 114 Å². The lowest BCUT2D eigenvalue weighted by Gasteiger charge is -2.79. The van der Waals surface area contributed by atoms with Gasteiger partial charge in [-0.05, 0) is 65.6 Å². The van der Waals surface area contributed by atoms with Gasteiger partial charge in [0.05, 0.1) is 0 Å². The first-order valence-corrected chi connectivity index (χ1v) is 8.38. The van der Waals surface area contributed by atoms with Gasteiger partial charge >= 0.3 is 0 Å². The monoisotopic (exact) mass is 248 g/mol. The van der Waals surface area contributed by atoms with Gasteiger partial charge in [0, 0.05) is 0 Å². The third-order valence-electron chi connectivity index (χ3n) is 8.24. The Hall–Kier alpha value is 0. The van der Waals surface area contributed by atoms with Crippen LogP contribution in [-0.2, 0) is 0 Å². The predicted octanol–water partition coefficient (Wildman–Crippen LogP) is 5.38. The van der Waals surface area contributed by atoms with Crippen LogP contribution in [0, 0.1) is 46.3 Å². The maximum atomic E-state index is 2.61. The molecule has 18 heavy (non-hydrogen) atoms. The van der Waals surface area contributed by atoms with Crippen molar-refractivity contribution in [3.05, 3.63) is 0 Å². The van der Waals surface area contributed by atoms with Crippen LogP contribution in [0.5, 0.6) is 0 Å². The van der Waals surface area contributed by atoms with E-state index in [2.05, 4.69) is 41.5 Å². The van der Waals surface area contributed by atoms with E-state index in [1.165, 1.54) is 25.7 Å². The van der Waals surface area contributed by atoms with Crippen molar-refractivity contribution >= 4 is 0 Å². The van der Waals surface area contributed by atoms with Crippen molar-refractivity contribution < 1.29 is 0 Å². The lowest BCUT2D eigenvalue weighted by atomic mass is 9.25. The van der Waals surface area contributed by atoms with Gasteiger partial charge in [-0.15, -0.1) is 0 Å². The average Bonchev–Trinajstić information content (AvgIpc) is 2.32. The van der Waals surface area contributed by atoms with E-state index >= 15 is 0 Å². The van der Waals surface area contributed by atoms with Crippen LogP contribution in [-0.4, -0.2) is 0 Å². The Morgan fingerprint density at radius 2 is 1.28 bits per heavy atom. The van der Waals surface area contributed by atoms with Gasteiger partial charge in [0.15, 0.2) is 0 Å².